The van der Waals surface area contributed by atoms with Gasteiger partial charge in [0, 0.05) is 36.1 Å². The van der Waals surface area contributed by atoms with Crippen LogP contribution in [0.5, 0.6) is 0 Å². The van der Waals surface area contributed by atoms with Crippen LogP contribution in [0.15, 0.2) is 48.5 Å². The molecule has 0 aromatic heterocycles. The van der Waals surface area contributed by atoms with Gasteiger partial charge >= 0.3 is 5.97 Å². The maximum Gasteiger partial charge on any atom is 0.303 e. The summed E-state index contributed by atoms with van der Waals surface area (Å²) in [6.45, 7) is 2.52. The molecular formula is C20H21Cl2NO2. The Hall–Kier alpha value is -1.55. The number of halogens is 2. The Morgan fingerprint density at radius 2 is 1.60 bits per heavy atom. The third kappa shape index (κ3) is 5.21. The zero-order valence-corrected chi connectivity index (χ0v) is 15.4. The molecule has 132 valence electrons. The molecule has 2 aromatic rings. The molecular weight excluding hydrogens is 357 g/mol. The van der Waals surface area contributed by atoms with E-state index in [0.717, 1.165) is 36.1 Å². The number of rotatable bonds is 5. The first-order valence-electron chi connectivity index (χ1n) is 8.43. The number of benzene rings is 2. The lowest BCUT2D eigenvalue weighted by Gasteiger charge is -2.37. The van der Waals surface area contributed by atoms with Gasteiger partial charge in [-0.1, -0.05) is 47.5 Å². The molecule has 0 amide bonds. The van der Waals surface area contributed by atoms with Gasteiger partial charge in [-0.15, -0.1) is 0 Å². The summed E-state index contributed by atoms with van der Waals surface area (Å²) >= 11 is 12.0. The predicted molar refractivity (Wildman–Crippen MR) is 101 cm³/mol. The van der Waals surface area contributed by atoms with Gasteiger partial charge in [0.25, 0.3) is 0 Å². The molecule has 0 radical (unpaired) electrons. The van der Waals surface area contributed by atoms with E-state index >= 15 is 0 Å². The SMILES string of the molecule is O=C(O)C[C@H]1C[C@H](c2ccc(Cl)cc2)CN(Cc2ccc(Cl)cc2)C1. The highest BCUT2D eigenvalue weighted by Crippen LogP contribution is 2.33. The number of nitrogens with zero attached hydrogens (tertiary/aromatic N) is 1. The largest absolute Gasteiger partial charge is 0.481 e. The highest BCUT2D eigenvalue weighted by Gasteiger charge is 2.29. The standard InChI is InChI=1S/C20H21Cl2NO2/c21-18-5-1-14(2-6-18)11-23-12-15(10-20(24)25)9-17(13-23)16-3-7-19(22)8-4-16/h1-8,15,17H,9-13H2,(H,24,25)/t15-,17+/m1/s1. The Balaban J connectivity index is 1.75. The molecule has 1 N–H and O–H groups in total. The molecule has 0 aliphatic carbocycles. The van der Waals surface area contributed by atoms with E-state index in [1.807, 2.05) is 36.4 Å². The Morgan fingerprint density at radius 3 is 2.20 bits per heavy atom. The van der Waals surface area contributed by atoms with E-state index in [0.29, 0.717) is 5.92 Å². The third-order valence-corrected chi connectivity index (χ3v) is 5.24. The van der Waals surface area contributed by atoms with Crippen LogP contribution in [0.4, 0.5) is 0 Å². The van der Waals surface area contributed by atoms with Crippen molar-refractivity contribution in [1.29, 1.82) is 0 Å². The summed E-state index contributed by atoms with van der Waals surface area (Å²) in [6.07, 6.45) is 1.10. The number of hydrogen-bond donors (Lipinski definition) is 1. The molecule has 0 spiro atoms. The van der Waals surface area contributed by atoms with Gasteiger partial charge in [-0.2, -0.15) is 0 Å². The van der Waals surface area contributed by atoms with Crippen LogP contribution >= 0.6 is 23.2 Å². The van der Waals surface area contributed by atoms with Gasteiger partial charge < -0.3 is 5.11 Å². The average Bonchev–Trinajstić information content (AvgIpc) is 2.57. The van der Waals surface area contributed by atoms with E-state index in [2.05, 4.69) is 17.0 Å². The monoisotopic (exact) mass is 377 g/mol. The summed E-state index contributed by atoms with van der Waals surface area (Å²) in [5, 5.41) is 10.7. The van der Waals surface area contributed by atoms with Crippen LogP contribution < -0.4 is 0 Å². The normalized spacial score (nSPS) is 21.2. The van der Waals surface area contributed by atoms with Gasteiger partial charge in [0.2, 0.25) is 0 Å². The fraction of sp³-hybridized carbons (Fsp3) is 0.350. The molecule has 5 heteroatoms. The number of piperidine rings is 1. The van der Waals surface area contributed by atoms with Crippen LogP contribution in [0.3, 0.4) is 0 Å². The molecule has 1 fully saturated rings. The number of likely N-dealkylation sites (tertiary alicyclic amines) is 1. The second-order valence-electron chi connectivity index (χ2n) is 6.77. The first-order chi connectivity index (χ1) is 12.0. The van der Waals surface area contributed by atoms with Gasteiger partial charge in [-0.25, -0.2) is 0 Å². The second-order valence-corrected chi connectivity index (χ2v) is 7.64. The minimum atomic E-state index is -0.729. The summed E-state index contributed by atoms with van der Waals surface area (Å²) < 4.78 is 0. The van der Waals surface area contributed by atoms with E-state index in [4.69, 9.17) is 23.2 Å². The van der Waals surface area contributed by atoms with Crippen LogP contribution in [0.25, 0.3) is 0 Å². The quantitative estimate of drug-likeness (QED) is 0.789. The van der Waals surface area contributed by atoms with Crippen LogP contribution in [-0.4, -0.2) is 29.1 Å². The lowest BCUT2D eigenvalue weighted by Crippen LogP contribution is -2.39. The summed E-state index contributed by atoms with van der Waals surface area (Å²) in [5.41, 5.74) is 2.41. The molecule has 2 atom stereocenters. The van der Waals surface area contributed by atoms with Crippen molar-refractivity contribution in [2.24, 2.45) is 5.92 Å². The summed E-state index contributed by atoms with van der Waals surface area (Å²) in [6, 6.07) is 15.8. The maximum absolute atomic E-state index is 11.2. The van der Waals surface area contributed by atoms with Gasteiger partial charge in [0.05, 0.1) is 0 Å². The molecule has 3 rings (SSSR count). The smallest absolute Gasteiger partial charge is 0.303 e. The second kappa shape index (κ2) is 8.22. The number of hydrogen-bond acceptors (Lipinski definition) is 2. The van der Waals surface area contributed by atoms with Crippen molar-refractivity contribution < 1.29 is 9.90 Å². The van der Waals surface area contributed by atoms with Crippen LogP contribution in [0.2, 0.25) is 10.0 Å². The van der Waals surface area contributed by atoms with Gasteiger partial charge in [-0.05, 0) is 53.6 Å². The summed E-state index contributed by atoms with van der Waals surface area (Å²) in [7, 11) is 0. The Morgan fingerprint density at radius 1 is 1.00 bits per heavy atom. The summed E-state index contributed by atoms with van der Waals surface area (Å²) in [4.78, 5) is 13.6. The van der Waals surface area contributed by atoms with E-state index in [1.165, 1.54) is 11.1 Å². The van der Waals surface area contributed by atoms with Crippen molar-refractivity contribution >= 4 is 29.2 Å². The number of carbonyl (C=O) groups is 1. The molecule has 1 heterocycles. The molecule has 1 saturated heterocycles. The molecule has 3 nitrogen and oxygen atoms in total. The minimum Gasteiger partial charge on any atom is -0.481 e. The highest BCUT2D eigenvalue weighted by atomic mass is 35.5. The number of carboxylic acid groups (broad SMARTS) is 1. The lowest BCUT2D eigenvalue weighted by atomic mass is 9.83. The number of carboxylic acids is 1. The third-order valence-electron chi connectivity index (χ3n) is 4.74. The highest BCUT2D eigenvalue weighted by molar-refractivity contribution is 6.30. The summed E-state index contributed by atoms with van der Waals surface area (Å²) in [5.74, 6) is -0.255. The van der Waals surface area contributed by atoms with E-state index in [-0.39, 0.29) is 12.3 Å². The molecule has 25 heavy (non-hydrogen) atoms. The van der Waals surface area contributed by atoms with Crippen molar-refractivity contribution in [3.8, 4) is 0 Å². The van der Waals surface area contributed by atoms with Crippen molar-refractivity contribution in [1.82, 2.24) is 4.90 Å². The molecule has 1 aliphatic rings. The zero-order valence-electron chi connectivity index (χ0n) is 13.9. The first kappa shape index (κ1) is 18.2. The molecule has 2 aromatic carbocycles. The zero-order chi connectivity index (χ0) is 17.8. The maximum atomic E-state index is 11.2. The van der Waals surface area contributed by atoms with Crippen LogP contribution in [-0.2, 0) is 11.3 Å². The predicted octanol–water partition coefficient (Wildman–Crippen LogP) is 5.07. The Kier molecular flexibility index (Phi) is 6.00. The number of aliphatic carboxylic acids is 1. The average molecular weight is 378 g/mol. The Labute approximate surface area is 158 Å². The van der Waals surface area contributed by atoms with Crippen LogP contribution in [0.1, 0.15) is 29.9 Å². The first-order valence-corrected chi connectivity index (χ1v) is 9.19. The van der Waals surface area contributed by atoms with Gasteiger partial charge in [-0.3, -0.25) is 9.69 Å². The van der Waals surface area contributed by atoms with E-state index in [9.17, 15) is 9.90 Å². The van der Waals surface area contributed by atoms with E-state index < -0.39 is 5.97 Å². The van der Waals surface area contributed by atoms with Gasteiger partial charge in [0.1, 0.15) is 0 Å². The molecule has 0 saturated carbocycles. The molecule has 0 bridgehead atoms. The fourth-order valence-corrected chi connectivity index (χ4v) is 3.90. The van der Waals surface area contributed by atoms with E-state index in [1.54, 1.807) is 0 Å². The topological polar surface area (TPSA) is 40.5 Å². The Bertz CT molecular complexity index is 715. The molecule has 1 aliphatic heterocycles. The van der Waals surface area contributed by atoms with Gasteiger partial charge in [0.15, 0.2) is 0 Å². The molecule has 0 unspecified atom stereocenters. The van der Waals surface area contributed by atoms with Crippen molar-refractivity contribution in [2.75, 3.05) is 13.1 Å². The van der Waals surface area contributed by atoms with Crippen molar-refractivity contribution in [3.63, 3.8) is 0 Å². The van der Waals surface area contributed by atoms with Crippen molar-refractivity contribution in [2.45, 2.75) is 25.3 Å². The fourth-order valence-electron chi connectivity index (χ4n) is 3.65. The minimum absolute atomic E-state index is 0.152. The lowest BCUT2D eigenvalue weighted by molar-refractivity contribution is -0.138. The van der Waals surface area contributed by atoms with Crippen molar-refractivity contribution in [3.05, 3.63) is 69.7 Å². The van der Waals surface area contributed by atoms with Crippen LogP contribution in [0, 0.1) is 5.92 Å².